The molecule has 1 aromatic heterocycles. The average Bonchev–Trinajstić information content (AvgIpc) is 2.81. The largest absolute Gasteiger partial charge is 0.338 e. The molecule has 94 valence electrons. The molecule has 0 radical (unpaired) electrons. The molecule has 1 N–H and O–H groups in total. The summed E-state index contributed by atoms with van der Waals surface area (Å²) in [4.78, 5) is 22.8. The summed E-state index contributed by atoms with van der Waals surface area (Å²) in [7, 11) is 1.66. The number of benzene rings is 1. The lowest BCUT2D eigenvalue weighted by atomic mass is 10.1. The maximum atomic E-state index is 10.8. The van der Waals surface area contributed by atoms with Crippen LogP contribution in [-0.4, -0.2) is 30.9 Å². The molecule has 1 atom stereocenters. The number of hydrogen-bond donors (Lipinski definition) is 1. The molecule has 2 aromatic rings. The second-order valence-corrected chi connectivity index (χ2v) is 4.94. The van der Waals surface area contributed by atoms with Crippen molar-refractivity contribution in [2.75, 3.05) is 7.05 Å². The fourth-order valence-electron chi connectivity index (χ4n) is 1.87. The topological polar surface area (TPSA) is 49.4 Å². The Bertz CT molecular complexity index is 553. The van der Waals surface area contributed by atoms with E-state index in [0.717, 1.165) is 12.0 Å². The summed E-state index contributed by atoms with van der Waals surface area (Å²) in [6.45, 7) is 0. The molecule has 0 aliphatic carbocycles. The number of hydrogen-bond acceptors (Lipinski definition) is 3. The number of thiophene rings is 1. The van der Waals surface area contributed by atoms with Crippen LogP contribution in [-0.2, 0) is 16.0 Å². The van der Waals surface area contributed by atoms with E-state index < -0.39 is 0 Å². The van der Waals surface area contributed by atoms with Gasteiger partial charge in [0.15, 0.2) is 0 Å². The lowest BCUT2D eigenvalue weighted by molar-refractivity contribution is -0.120. The fourth-order valence-corrected chi connectivity index (χ4v) is 2.85. The zero-order valence-corrected chi connectivity index (χ0v) is 10.8. The molecule has 0 aliphatic heterocycles. The Morgan fingerprint density at radius 2 is 2.17 bits per heavy atom. The number of carbonyl (C=O) groups excluding carboxylic acids is 2. The van der Waals surface area contributed by atoms with Gasteiger partial charge in [0.05, 0.1) is 0 Å². The van der Waals surface area contributed by atoms with Crippen molar-refractivity contribution in [2.24, 2.45) is 0 Å². The van der Waals surface area contributed by atoms with Crippen molar-refractivity contribution in [2.45, 2.75) is 12.6 Å². The number of carbonyl (C=O) groups is 2. The standard InChI is InChI=1S/C13H14N2O2S/c1-15(9-17)13(14-8-16)6-10-7-18-12-5-3-2-4-11(10)12/h2-5,7-9,13H,6H2,1H3,(H,14,16)/t13-/m1/s1. The molecule has 0 unspecified atom stereocenters. The summed E-state index contributed by atoms with van der Waals surface area (Å²) < 4.78 is 1.21. The van der Waals surface area contributed by atoms with Gasteiger partial charge in [-0.1, -0.05) is 18.2 Å². The Labute approximate surface area is 109 Å². The van der Waals surface area contributed by atoms with E-state index in [0.29, 0.717) is 12.8 Å². The Kier molecular flexibility index (Phi) is 3.94. The minimum absolute atomic E-state index is 0.307. The molecular weight excluding hydrogens is 248 g/mol. The van der Waals surface area contributed by atoms with E-state index >= 15 is 0 Å². The first-order valence-electron chi connectivity index (χ1n) is 5.58. The van der Waals surface area contributed by atoms with E-state index in [4.69, 9.17) is 0 Å². The van der Waals surface area contributed by atoms with Crippen molar-refractivity contribution >= 4 is 34.2 Å². The third kappa shape index (κ3) is 2.51. The van der Waals surface area contributed by atoms with Crippen LogP contribution < -0.4 is 5.32 Å². The monoisotopic (exact) mass is 262 g/mol. The number of nitrogens with zero attached hydrogens (tertiary/aromatic N) is 1. The normalized spacial score (nSPS) is 12.1. The van der Waals surface area contributed by atoms with Crippen molar-refractivity contribution in [3.05, 3.63) is 35.2 Å². The van der Waals surface area contributed by atoms with Crippen LogP contribution in [0.2, 0.25) is 0 Å². The summed E-state index contributed by atoms with van der Waals surface area (Å²) in [6, 6.07) is 8.11. The van der Waals surface area contributed by atoms with Gasteiger partial charge in [0, 0.05) is 18.2 Å². The van der Waals surface area contributed by atoms with Gasteiger partial charge in [0.25, 0.3) is 0 Å². The van der Waals surface area contributed by atoms with Crippen molar-refractivity contribution in [1.82, 2.24) is 10.2 Å². The highest BCUT2D eigenvalue weighted by Gasteiger charge is 2.15. The number of likely N-dealkylation sites (N-methyl/N-ethyl adjacent to an activating group) is 1. The number of fused-ring (bicyclic) bond motifs is 1. The van der Waals surface area contributed by atoms with Crippen molar-refractivity contribution < 1.29 is 9.59 Å². The highest BCUT2D eigenvalue weighted by atomic mass is 32.1. The molecule has 0 aliphatic rings. The maximum Gasteiger partial charge on any atom is 0.211 e. The smallest absolute Gasteiger partial charge is 0.211 e. The number of rotatable bonds is 6. The van der Waals surface area contributed by atoms with E-state index in [1.54, 1.807) is 18.4 Å². The fraction of sp³-hybridized carbons (Fsp3) is 0.231. The SMILES string of the molecule is CN(C=O)[C@H](Cc1csc2ccccc12)NC=O. The Morgan fingerprint density at radius 3 is 2.89 bits per heavy atom. The first kappa shape index (κ1) is 12.6. The minimum atomic E-state index is -0.307. The van der Waals surface area contributed by atoms with Crippen LogP contribution in [0, 0.1) is 0 Å². The molecule has 1 aromatic carbocycles. The summed E-state index contributed by atoms with van der Waals surface area (Å²) in [5.41, 5.74) is 1.14. The molecule has 0 spiro atoms. The second kappa shape index (κ2) is 5.64. The zero-order chi connectivity index (χ0) is 13.0. The van der Waals surface area contributed by atoms with E-state index in [-0.39, 0.29) is 6.17 Å². The first-order valence-corrected chi connectivity index (χ1v) is 6.46. The summed E-state index contributed by atoms with van der Waals surface area (Å²) in [6.07, 6.45) is 1.64. The number of amides is 2. The van der Waals surface area contributed by atoms with Gasteiger partial charge >= 0.3 is 0 Å². The van der Waals surface area contributed by atoms with Crippen molar-refractivity contribution in [1.29, 1.82) is 0 Å². The van der Waals surface area contributed by atoms with Gasteiger partial charge < -0.3 is 10.2 Å². The summed E-state index contributed by atoms with van der Waals surface area (Å²) in [5, 5.41) is 5.91. The van der Waals surface area contributed by atoms with Crippen LogP contribution in [0.25, 0.3) is 10.1 Å². The van der Waals surface area contributed by atoms with Gasteiger partial charge in [0.1, 0.15) is 6.17 Å². The highest BCUT2D eigenvalue weighted by Crippen LogP contribution is 2.26. The Balaban J connectivity index is 2.25. The molecular formula is C13H14N2O2S. The van der Waals surface area contributed by atoms with Crippen LogP contribution in [0.5, 0.6) is 0 Å². The molecule has 1 heterocycles. The highest BCUT2D eigenvalue weighted by molar-refractivity contribution is 7.17. The van der Waals surface area contributed by atoms with Gasteiger partial charge in [0.2, 0.25) is 12.8 Å². The molecule has 2 rings (SSSR count). The lowest BCUT2D eigenvalue weighted by Gasteiger charge is -2.23. The van der Waals surface area contributed by atoms with E-state index in [1.165, 1.54) is 15.0 Å². The Hall–Kier alpha value is -1.88. The van der Waals surface area contributed by atoms with Crippen LogP contribution >= 0.6 is 11.3 Å². The van der Waals surface area contributed by atoms with E-state index in [9.17, 15) is 9.59 Å². The minimum Gasteiger partial charge on any atom is -0.338 e. The third-order valence-corrected chi connectivity index (χ3v) is 3.91. The quantitative estimate of drug-likeness (QED) is 0.635. The lowest BCUT2D eigenvalue weighted by Crippen LogP contribution is -2.43. The third-order valence-electron chi connectivity index (χ3n) is 2.89. The summed E-state index contributed by atoms with van der Waals surface area (Å²) >= 11 is 1.67. The molecule has 0 bridgehead atoms. The van der Waals surface area contributed by atoms with Crippen molar-refractivity contribution in [3.8, 4) is 0 Å². The van der Waals surface area contributed by atoms with Gasteiger partial charge in [-0.3, -0.25) is 9.59 Å². The summed E-state index contributed by atoms with van der Waals surface area (Å²) in [5.74, 6) is 0. The van der Waals surface area contributed by atoms with Crippen LogP contribution in [0.3, 0.4) is 0 Å². The van der Waals surface area contributed by atoms with Crippen LogP contribution in [0.1, 0.15) is 5.56 Å². The second-order valence-electron chi connectivity index (χ2n) is 4.03. The molecule has 5 heteroatoms. The zero-order valence-electron chi connectivity index (χ0n) is 10.00. The molecule has 0 saturated heterocycles. The van der Waals surface area contributed by atoms with Crippen molar-refractivity contribution in [3.63, 3.8) is 0 Å². The number of nitrogens with one attached hydrogen (secondary N) is 1. The van der Waals surface area contributed by atoms with Crippen LogP contribution in [0.4, 0.5) is 0 Å². The van der Waals surface area contributed by atoms with Gasteiger partial charge in [-0.25, -0.2) is 0 Å². The first-order chi connectivity index (χ1) is 8.76. The molecule has 0 saturated carbocycles. The van der Waals surface area contributed by atoms with Gasteiger partial charge in [-0.2, -0.15) is 0 Å². The van der Waals surface area contributed by atoms with E-state index in [1.807, 2.05) is 12.1 Å². The predicted octanol–water partition coefficient (Wildman–Crippen LogP) is 1.60. The predicted molar refractivity (Wildman–Crippen MR) is 72.3 cm³/mol. The van der Waals surface area contributed by atoms with Gasteiger partial charge in [-0.15, -0.1) is 11.3 Å². The maximum absolute atomic E-state index is 10.8. The molecule has 18 heavy (non-hydrogen) atoms. The van der Waals surface area contributed by atoms with Gasteiger partial charge in [-0.05, 0) is 22.4 Å². The molecule has 0 fully saturated rings. The molecule has 2 amide bonds. The average molecular weight is 262 g/mol. The van der Waals surface area contributed by atoms with Crippen LogP contribution in [0.15, 0.2) is 29.6 Å². The molecule has 4 nitrogen and oxygen atoms in total. The van der Waals surface area contributed by atoms with E-state index in [2.05, 4.69) is 22.8 Å². The Morgan fingerprint density at radius 1 is 1.39 bits per heavy atom.